The van der Waals surface area contributed by atoms with Crippen LogP contribution in [0.4, 0.5) is 0 Å². The Morgan fingerprint density at radius 2 is 2.04 bits per heavy atom. The van der Waals surface area contributed by atoms with Crippen LogP contribution in [0.25, 0.3) is 0 Å². The van der Waals surface area contributed by atoms with Gasteiger partial charge in [0.05, 0.1) is 18.2 Å². The molecule has 2 saturated heterocycles. The van der Waals surface area contributed by atoms with E-state index in [4.69, 9.17) is 4.74 Å². The highest BCUT2D eigenvalue weighted by molar-refractivity contribution is 5.92. The van der Waals surface area contributed by atoms with E-state index < -0.39 is 0 Å². The Morgan fingerprint density at radius 3 is 2.71 bits per heavy atom. The molecule has 0 atom stereocenters. The molecule has 3 rings (SSSR count). The number of carbonyl (C=O) groups is 2. The average molecular weight is 332 g/mol. The van der Waals surface area contributed by atoms with Gasteiger partial charge in [0.1, 0.15) is 5.69 Å². The Hall–Kier alpha value is -2.02. The molecule has 3 heterocycles. The molecule has 130 valence electrons. The van der Waals surface area contributed by atoms with Gasteiger partial charge in [-0.25, -0.2) is 4.98 Å². The van der Waals surface area contributed by atoms with Crippen LogP contribution in [0.1, 0.15) is 36.2 Å². The topological polar surface area (TPSA) is 75.6 Å². The molecule has 7 nitrogen and oxygen atoms in total. The molecule has 0 aliphatic carbocycles. The lowest BCUT2D eigenvalue weighted by Gasteiger charge is -2.46. The van der Waals surface area contributed by atoms with E-state index in [1.807, 2.05) is 4.90 Å². The number of amides is 2. The molecular formula is C17H24N4O3. The highest BCUT2D eigenvalue weighted by atomic mass is 16.5. The van der Waals surface area contributed by atoms with Crippen molar-refractivity contribution in [3.8, 4) is 0 Å². The molecule has 1 aromatic rings. The second-order valence-corrected chi connectivity index (χ2v) is 6.55. The molecule has 0 saturated carbocycles. The van der Waals surface area contributed by atoms with Crippen LogP contribution in [0.15, 0.2) is 18.6 Å². The summed E-state index contributed by atoms with van der Waals surface area (Å²) in [6, 6.07) is 0. The summed E-state index contributed by atoms with van der Waals surface area (Å²) >= 11 is 0. The van der Waals surface area contributed by atoms with Crippen molar-refractivity contribution in [2.75, 3.05) is 39.9 Å². The minimum atomic E-state index is -0.300. The Bertz CT molecular complexity index is 585. The van der Waals surface area contributed by atoms with Crippen LogP contribution in [-0.4, -0.2) is 71.5 Å². The normalized spacial score (nSPS) is 20.5. The molecule has 0 N–H and O–H groups in total. The first kappa shape index (κ1) is 16.8. The number of piperidine rings is 2. The first-order valence-electron chi connectivity index (χ1n) is 8.50. The fourth-order valence-corrected chi connectivity index (χ4v) is 3.74. The molecule has 0 radical (unpaired) electrons. The third-order valence-corrected chi connectivity index (χ3v) is 5.18. The van der Waals surface area contributed by atoms with Crippen molar-refractivity contribution in [1.82, 2.24) is 19.8 Å². The zero-order valence-electron chi connectivity index (χ0n) is 14.1. The standard InChI is InChI=1S/C17H24N4O3/c1-24-12-11-21-8-2-3-17(16(21)23)4-9-20(10-5-17)15(22)14-13-18-6-7-19-14/h6-7,13H,2-5,8-12H2,1H3. The molecule has 0 unspecified atom stereocenters. The predicted molar refractivity (Wildman–Crippen MR) is 87.3 cm³/mol. The molecule has 2 aliphatic heterocycles. The zero-order chi connectivity index (χ0) is 17.0. The van der Waals surface area contributed by atoms with Crippen molar-refractivity contribution in [1.29, 1.82) is 0 Å². The maximum atomic E-state index is 12.9. The van der Waals surface area contributed by atoms with E-state index in [1.54, 1.807) is 18.2 Å². The van der Waals surface area contributed by atoms with Crippen molar-refractivity contribution < 1.29 is 14.3 Å². The van der Waals surface area contributed by atoms with Gasteiger partial charge in [0.15, 0.2) is 0 Å². The molecule has 2 amide bonds. The lowest BCUT2D eigenvalue weighted by molar-refractivity contribution is -0.150. The van der Waals surface area contributed by atoms with E-state index in [9.17, 15) is 9.59 Å². The minimum absolute atomic E-state index is 0.0996. The highest BCUT2D eigenvalue weighted by Gasteiger charge is 2.46. The van der Waals surface area contributed by atoms with Gasteiger partial charge in [-0.3, -0.25) is 14.6 Å². The molecule has 0 aromatic carbocycles. The summed E-state index contributed by atoms with van der Waals surface area (Å²) in [4.78, 5) is 37.1. The van der Waals surface area contributed by atoms with Gasteiger partial charge < -0.3 is 14.5 Å². The lowest BCUT2D eigenvalue weighted by atomic mass is 9.71. The van der Waals surface area contributed by atoms with Crippen LogP contribution in [0.3, 0.4) is 0 Å². The van der Waals surface area contributed by atoms with Gasteiger partial charge in [-0.1, -0.05) is 0 Å². The number of hydrogen-bond donors (Lipinski definition) is 0. The van der Waals surface area contributed by atoms with Gasteiger partial charge in [-0.05, 0) is 25.7 Å². The number of ether oxygens (including phenoxy) is 1. The smallest absolute Gasteiger partial charge is 0.274 e. The average Bonchev–Trinajstić information content (AvgIpc) is 2.64. The molecule has 1 aromatic heterocycles. The predicted octanol–water partition coefficient (Wildman–Crippen LogP) is 0.968. The number of methoxy groups -OCH3 is 1. The molecule has 2 fully saturated rings. The summed E-state index contributed by atoms with van der Waals surface area (Å²) in [5.74, 6) is 0.134. The zero-order valence-corrected chi connectivity index (χ0v) is 14.1. The van der Waals surface area contributed by atoms with Crippen LogP contribution in [-0.2, 0) is 9.53 Å². The maximum Gasteiger partial charge on any atom is 0.274 e. The summed E-state index contributed by atoms with van der Waals surface area (Å²) in [6.45, 7) is 3.23. The number of nitrogens with zero attached hydrogens (tertiary/aromatic N) is 4. The SMILES string of the molecule is COCCN1CCCC2(CCN(C(=O)c3cnccn3)CC2)C1=O. The van der Waals surface area contributed by atoms with Crippen molar-refractivity contribution in [2.45, 2.75) is 25.7 Å². The van der Waals surface area contributed by atoms with E-state index in [0.29, 0.717) is 31.9 Å². The second-order valence-electron chi connectivity index (χ2n) is 6.55. The second kappa shape index (κ2) is 7.25. The Balaban J connectivity index is 1.63. The summed E-state index contributed by atoms with van der Waals surface area (Å²) in [5.41, 5.74) is 0.0654. The van der Waals surface area contributed by atoms with Crippen molar-refractivity contribution in [2.24, 2.45) is 5.41 Å². The lowest BCUT2D eigenvalue weighted by Crippen LogP contribution is -2.54. The van der Waals surface area contributed by atoms with E-state index in [0.717, 1.165) is 32.2 Å². The van der Waals surface area contributed by atoms with Gasteiger partial charge in [0.25, 0.3) is 5.91 Å². The van der Waals surface area contributed by atoms with Crippen LogP contribution in [0.2, 0.25) is 0 Å². The Kier molecular flexibility index (Phi) is 5.08. The van der Waals surface area contributed by atoms with Gasteiger partial charge >= 0.3 is 0 Å². The van der Waals surface area contributed by atoms with Crippen molar-refractivity contribution >= 4 is 11.8 Å². The van der Waals surface area contributed by atoms with E-state index >= 15 is 0 Å². The number of rotatable bonds is 4. The van der Waals surface area contributed by atoms with Crippen molar-refractivity contribution in [3.63, 3.8) is 0 Å². The largest absolute Gasteiger partial charge is 0.383 e. The summed E-state index contributed by atoms with van der Waals surface area (Å²) in [5, 5.41) is 0. The maximum absolute atomic E-state index is 12.9. The molecule has 2 aliphatic rings. The third-order valence-electron chi connectivity index (χ3n) is 5.18. The Morgan fingerprint density at radius 1 is 1.25 bits per heavy atom. The molecular weight excluding hydrogens is 308 g/mol. The minimum Gasteiger partial charge on any atom is -0.383 e. The monoisotopic (exact) mass is 332 g/mol. The molecule has 1 spiro atoms. The molecule has 7 heteroatoms. The van der Waals surface area contributed by atoms with Gasteiger partial charge in [-0.15, -0.1) is 0 Å². The summed E-state index contributed by atoms with van der Waals surface area (Å²) in [6.07, 6.45) is 7.96. The molecule has 24 heavy (non-hydrogen) atoms. The van der Waals surface area contributed by atoms with E-state index in [-0.39, 0.29) is 17.2 Å². The number of hydrogen-bond acceptors (Lipinski definition) is 5. The van der Waals surface area contributed by atoms with Crippen LogP contribution < -0.4 is 0 Å². The number of carbonyl (C=O) groups excluding carboxylic acids is 2. The van der Waals surface area contributed by atoms with Crippen LogP contribution >= 0.6 is 0 Å². The quantitative estimate of drug-likeness (QED) is 0.821. The number of likely N-dealkylation sites (tertiary alicyclic amines) is 2. The molecule has 0 bridgehead atoms. The van der Waals surface area contributed by atoms with Crippen LogP contribution in [0, 0.1) is 5.41 Å². The first-order chi connectivity index (χ1) is 11.7. The third kappa shape index (κ3) is 3.26. The fourth-order valence-electron chi connectivity index (χ4n) is 3.74. The number of aromatic nitrogens is 2. The van der Waals surface area contributed by atoms with Gasteiger partial charge in [0, 0.05) is 45.7 Å². The van der Waals surface area contributed by atoms with E-state index in [1.165, 1.54) is 12.4 Å². The highest BCUT2D eigenvalue weighted by Crippen LogP contribution is 2.41. The Labute approximate surface area is 142 Å². The van der Waals surface area contributed by atoms with Crippen molar-refractivity contribution in [3.05, 3.63) is 24.3 Å². The van der Waals surface area contributed by atoms with E-state index in [2.05, 4.69) is 9.97 Å². The van der Waals surface area contributed by atoms with Gasteiger partial charge in [-0.2, -0.15) is 0 Å². The van der Waals surface area contributed by atoms with Gasteiger partial charge in [0.2, 0.25) is 5.91 Å². The summed E-state index contributed by atoms with van der Waals surface area (Å²) in [7, 11) is 1.65. The first-order valence-corrected chi connectivity index (χ1v) is 8.50. The summed E-state index contributed by atoms with van der Waals surface area (Å²) < 4.78 is 5.11. The van der Waals surface area contributed by atoms with Crippen LogP contribution in [0.5, 0.6) is 0 Å². The fraction of sp³-hybridized carbons (Fsp3) is 0.647.